The van der Waals surface area contributed by atoms with Crippen molar-refractivity contribution in [2.24, 2.45) is 0 Å². The lowest BCUT2D eigenvalue weighted by Gasteiger charge is -2.17. The summed E-state index contributed by atoms with van der Waals surface area (Å²) in [6, 6.07) is 9.41. The molecule has 1 N–H and O–H groups in total. The average Bonchev–Trinajstić information content (AvgIpc) is 3.12. The third-order valence-corrected chi connectivity index (χ3v) is 5.53. The van der Waals surface area contributed by atoms with Crippen LogP contribution in [-0.2, 0) is 0 Å². The Balaban J connectivity index is 2.22. The zero-order valence-electron chi connectivity index (χ0n) is 13.2. The van der Waals surface area contributed by atoms with Crippen molar-refractivity contribution >= 4 is 28.9 Å². The Kier molecular flexibility index (Phi) is 6.95. The zero-order chi connectivity index (χ0) is 16.7. The molecule has 0 bridgehead atoms. The second kappa shape index (κ2) is 8.96. The molecule has 0 fully saturated rings. The molecule has 0 radical (unpaired) electrons. The van der Waals surface area contributed by atoms with E-state index in [9.17, 15) is 4.79 Å². The van der Waals surface area contributed by atoms with E-state index in [1.807, 2.05) is 35.7 Å². The number of Topliss-reactive ketones (excluding diaryl/α,β-unsaturated/α-hetero) is 1. The van der Waals surface area contributed by atoms with Gasteiger partial charge < -0.3 is 14.6 Å². The van der Waals surface area contributed by atoms with E-state index in [1.165, 1.54) is 11.3 Å². The number of aliphatic hydroxyl groups excluding tert-OH is 1. The van der Waals surface area contributed by atoms with Crippen LogP contribution in [0, 0.1) is 0 Å². The Morgan fingerprint density at radius 1 is 1.26 bits per heavy atom. The molecular formula is C17H20O4S2. The number of ketones is 1. The number of methoxy groups -OCH3 is 2. The highest BCUT2D eigenvalue weighted by Gasteiger charge is 2.20. The summed E-state index contributed by atoms with van der Waals surface area (Å²) >= 11 is 3.02. The number of hydrogen-bond acceptors (Lipinski definition) is 6. The number of carbonyl (C=O) groups is 1. The minimum absolute atomic E-state index is 0.0310. The van der Waals surface area contributed by atoms with E-state index >= 15 is 0 Å². The topological polar surface area (TPSA) is 55.8 Å². The molecule has 1 unspecified atom stereocenters. The smallest absolute Gasteiger partial charge is 0.174 e. The minimum atomic E-state index is -0.0310. The van der Waals surface area contributed by atoms with Gasteiger partial charge in [0.1, 0.15) is 0 Å². The van der Waals surface area contributed by atoms with Gasteiger partial charge in [-0.3, -0.25) is 4.79 Å². The summed E-state index contributed by atoms with van der Waals surface area (Å²) in [7, 11) is 3.18. The molecule has 0 saturated heterocycles. The first-order chi connectivity index (χ1) is 11.2. The van der Waals surface area contributed by atoms with Crippen molar-refractivity contribution in [2.75, 3.05) is 26.6 Å². The normalized spacial score (nSPS) is 12.0. The van der Waals surface area contributed by atoms with Crippen LogP contribution in [-0.4, -0.2) is 37.5 Å². The molecule has 1 aromatic carbocycles. The van der Waals surface area contributed by atoms with E-state index in [4.69, 9.17) is 14.6 Å². The molecule has 2 aromatic rings. The first kappa shape index (κ1) is 17.8. The second-order valence-electron chi connectivity index (χ2n) is 4.80. The summed E-state index contributed by atoms with van der Waals surface area (Å²) < 4.78 is 10.6. The first-order valence-corrected chi connectivity index (χ1v) is 9.13. The SMILES string of the molecule is COc1ccc(C(CC(=O)c2cccs2)SCCO)cc1OC. The maximum Gasteiger partial charge on any atom is 0.174 e. The molecule has 23 heavy (non-hydrogen) atoms. The first-order valence-electron chi connectivity index (χ1n) is 7.20. The van der Waals surface area contributed by atoms with Crippen molar-refractivity contribution in [2.45, 2.75) is 11.7 Å². The van der Waals surface area contributed by atoms with Crippen LogP contribution in [0.15, 0.2) is 35.7 Å². The van der Waals surface area contributed by atoms with Gasteiger partial charge in [0.25, 0.3) is 0 Å². The van der Waals surface area contributed by atoms with Crippen molar-refractivity contribution in [3.63, 3.8) is 0 Å². The fraction of sp³-hybridized carbons (Fsp3) is 0.353. The molecule has 0 aliphatic rings. The third-order valence-electron chi connectivity index (χ3n) is 3.36. The molecule has 1 aromatic heterocycles. The number of ether oxygens (including phenoxy) is 2. The van der Waals surface area contributed by atoms with Crippen LogP contribution in [0.2, 0.25) is 0 Å². The van der Waals surface area contributed by atoms with Gasteiger partial charge >= 0.3 is 0 Å². The Hall–Kier alpha value is -1.50. The van der Waals surface area contributed by atoms with Crippen LogP contribution in [0.4, 0.5) is 0 Å². The molecule has 0 amide bonds. The lowest BCUT2D eigenvalue weighted by atomic mass is 10.1. The second-order valence-corrected chi connectivity index (χ2v) is 7.06. The highest BCUT2D eigenvalue weighted by Crippen LogP contribution is 2.38. The quantitative estimate of drug-likeness (QED) is 0.696. The predicted octanol–water partition coefficient (Wildman–Crippen LogP) is 3.80. The fourth-order valence-corrected chi connectivity index (χ4v) is 3.90. The van der Waals surface area contributed by atoms with Crippen molar-refractivity contribution in [1.29, 1.82) is 0 Å². The van der Waals surface area contributed by atoms with Gasteiger partial charge in [-0.25, -0.2) is 0 Å². The molecule has 4 nitrogen and oxygen atoms in total. The van der Waals surface area contributed by atoms with Gasteiger partial charge in [0.2, 0.25) is 0 Å². The van der Waals surface area contributed by atoms with Crippen LogP contribution < -0.4 is 9.47 Å². The monoisotopic (exact) mass is 352 g/mol. The van der Waals surface area contributed by atoms with Gasteiger partial charge in [-0.2, -0.15) is 11.8 Å². The molecule has 6 heteroatoms. The summed E-state index contributed by atoms with van der Waals surface area (Å²) in [5, 5.41) is 11.0. The number of aliphatic hydroxyl groups is 1. The summed E-state index contributed by atoms with van der Waals surface area (Å²) in [4.78, 5) is 13.2. The largest absolute Gasteiger partial charge is 0.493 e. The Bertz CT molecular complexity index is 626. The average molecular weight is 352 g/mol. The molecule has 0 saturated carbocycles. The van der Waals surface area contributed by atoms with E-state index in [1.54, 1.807) is 26.0 Å². The molecular weight excluding hydrogens is 332 g/mol. The lowest BCUT2D eigenvalue weighted by molar-refractivity contribution is 0.0986. The fourth-order valence-electron chi connectivity index (χ4n) is 2.23. The van der Waals surface area contributed by atoms with Gasteiger partial charge in [-0.1, -0.05) is 12.1 Å². The predicted molar refractivity (Wildman–Crippen MR) is 95.1 cm³/mol. The van der Waals surface area contributed by atoms with Crippen molar-refractivity contribution in [3.8, 4) is 11.5 Å². The highest BCUT2D eigenvalue weighted by molar-refractivity contribution is 7.99. The summed E-state index contributed by atoms with van der Waals surface area (Å²) in [5.41, 5.74) is 0.992. The van der Waals surface area contributed by atoms with Crippen molar-refractivity contribution in [3.05, 3.63) is 46.2 Å². The van der Waals surface area contributed by atoms with Gasteiger partial charge in [0.05, 0.1) is 25.7 Å². The van der Waals surface area contributed by atoms with Crippen LogP contribution in [0.25, 0.3) is 0 Å². The van der Waals surface area contributed by atoms with Crippen molar-refractivity contribution < 1.29 is 19.4 Å². The van der Waals surface area contributed by atoms with Gasteiger partial charge in [-0.15, -0.1) is 11.3 Å². The number of carbonyl (C=O) groups excluding carboxylic acids is 1. The number of thiophene rings is 1. The highest BCUT2D eigenvalue weighted by atomic mass is 32.2. The molecule has 124 valence electrons. The van der Waals surface area contributed by atoms with Crippen LogP contribution in [0.1, 0.15) is 26.9 Å². The molecule has 1 atom stereocenters. The molecule has 0 aliphatic heterocycles. The number of rotatable bonds is 9. The zero-order valence-corrected chi connectivity index (χ0v) is 14.8. The summed E-state index contributed by atoms with van der Waals surface area (Å²) in [6.45, 7) is 0.0850. The Morgan fingerprint density at radius 3 is 2.65 bits per heavy atom. The number of hydrogen-bond donors (Lipinski definition) is 1. The lowest BCUT2D eigenvalue weighted by Crippen LogP contribution is -2.06. The van der Waals surface area contributed by atoms with Crippen LogP contribution in [0.3, 0.4) is 0 Å². The molecule has 0 aliphatic carbocycles. The summed E-state index contributed by atoms with van der Waals surface area (Å²) in [5.74, 6) is 2.00. The Labute approximate surface area is 144 Å². The van der Waals surface area contributed by atoms with E-state index < -0.39 is 0 Å². The minimum Gasteiger partial charge on any atom is -0.493 e. The van der Waals surface area contributed by atoms with E-state index in [0.717, 1.165) is 10.4 Å². The molecule has 2 rings (SSSR count). The third kappa shape index (κ3) is 4.73. The van der Waals surface area contributed by atoms with Gasteiger partial charge in [-0.05, 0) is 29.1 Å². The molecule has 1 heterocycles. The number of benzene rings is 1. The molecule has 0 spiro atoms. The maximum atomic E-state index is 12.4. The van der Waals surface area contributed by atoms with Crippen LogP contribution in [0.5, 0.6) is 11.5 Å². The summed E-state index contributed by atoms with van der Waals surface area (Å²) in [6.07, 6.45) is 0.390. The van der Waals surface area contributed by atoms with Gasteiger partial charge in [0, 0.05) is 17.4 Å². The van der Waals surface area contributed by atoms with Crippen molar-refractivity contribution in [1.82, 2.24) is 0 Å². The van der Waals surface area contributed by atoms with Crippen LogP contribution >= 0.6 is 23.1 Å². The maximum absolute atomic E-state index is 12.4. The Morgan fingerprint density at radius 2 is 2.04 bits per heavy atom. The standard InChI is InChI=1S/C17H20O4S2/c1-20-14-6-5-12(10-15(14)21-2)17(23-9-7-18)11-13(19)16-4-3-8-22-16/h3-6,8,10,17-18H,7,9,11H2,1-2H3. The van der Waals surface area contributed by atoms with E-state index in [2.05, 4.69) is 0 Å². The number of thioether (sulfide) groups is 1. The van der Waals surface area contributed by atoms with Gasteiger partial charge in [0.15, 0.2) is 17.3 Å². The van der Waals surface area contributed by atoms with E-state index in [-0.39, 0.29) is 17.6 Å². The van der Waals surface area contributed by atoms with E-state index in [0.29, 0.717) is 23.7 Å².